The molecule has 0 saturated carbocycles. The van der Waals surface area contributed by atoms with Crippen LogP contribution >= 0.6 is 0 Å². The van der Waals surface area contributed by atoms with E-state index in [1.165, 1.54) is 19.6 Å². The largest absolute Gasteiger partial charge is 0.308 e. The predicted molar refractivity (Wildman–Crippen MR) is 43.0 cm³/mol. The summed E-state index contributed by atoms with van der Waals surface area (Å²) in [5.74, 6) is 0. The molecule has 1 rings (SSSR count). The van der Waals surface area contributed by atoms with E-state index in [4.69, 9.17) is 0 Å². The van der Waals surface area contributed by atoms with Crippen LogP contribution in [0.1, 0.15) is 0 Å². The molecule has 10 heavy (non-hydrogen) atoms. The van der Waals surface area contributed by atoms with Crippen LogP contribution in [0.2, 0.25) is 0 Å². The average molecular weight is 143 g/mol. The van der Waals surface area contributed by atoms with Gasteiger partial charge in [-0.3, -0.25) is 4.90 Å². The Balaban J connectivity index is 2.01. The highest BCUT2D eigenvalue weighted by atomic mass is 15.3. The van der Waals surface area contributed by atoms with Crippen LogP contribution < -0.4 is 5.32 Å². The molecular formula is C7H17N3. The lowest BCUT2D eigenvalue weighted by Gasteiger charge is -2.16. The zero-order valence-corrected chi connectivity index (χ0v) is 6.93. The Morgan fingerprint density at radius 3 is 2.80 bits per heavy atom. The monoisotopic (exact) mass is 143 g/mol. The number of nitrogens with zero attached hydrogens (tertiary/aromatic N) is 2. The topological polar surface area (TPSA) is 18.5 Å². The third-order valence-electron chi connectivity index (χ3n) is 1.80. The Morgan fingerprint density at radius 2 is 2.30 bits per heavy atom. The van der Waals surface area contributed by atoms with Crippen molar-refractivity contribution >= 4 is 0 Å². The van der Waals surface area contributed by atoms with Crippen LogP contribution in [-0.2, 0) is 0 Å². The van der Waals surface area contributed by atoms with Crippen molar-refractivity contribution in [1.29, 1.82) is 0 Å². The van der Waals surface area contributed by atoms with E-state index in [-0.39, 0.29) is 0 Å². The van der Waals surface area contributed by atoms with Gasteiger partial charge in [0, 0.05) is 32.8 Å². The first-order chi connectivity index (χ1) is 4.79. The van der Waals surface area contributed by atoms with Gasteiger partial charge in [-0.25, -0.2) is 0 Å². The highest BCUT2D eigenvalue weighted by Gasteiger charge is 2.09. The summed E-state index contributed by atoms with van der Waals surface area (Å²) in [7, 11) is 4.23. The van der Waals surface area contributed by atoms with Crippen molar-refractivity contribution in [2.24, 2.45) is 0 Å². The molecule has 1 aliphatic rings. The van der Waals surface area contributed by atoms with Crippen molar-refractivity contribution in [3.63, 3.8) is 0 Å². The molecule has 0 amide bonds. The van der Waals surface area contributed by atoms with Gasteiger partial charge in [-0.1, -0.05) is 0 Å². The van der Waals surface area contributed by atoms with Gasteiger partial charge in [0.05, 0.1) is 0 Å². The Kier molecular flexibility index (Phi) is 3.12. The summed E-state index contributed by atoms with van der Waals surface area (Å²) in [5.41, 5.74) is 0. The second kappa shape index (κ2) is 3.91. The molecule has 1 aliphatic heterocycles. The number of rotatable bonds is 3. The maximum absolute atomic E-state index is 3.30. The van der Waals surface area contributed by atoms with E-state index in [1.807, 2.05) is 0 Å². The lowest BCUT2D eigenvalue weighted by atomic mass is 10.5. The molecule has 1 N–H and O–H groups in total. The second-order valence-corrected chi connectivity index (χ2v) is 3.08. The lowest BCUT2D eigenvalue weighted by Crippen LogP contribution is -2.30. The van der Waals surface area contributed by atoms with Crippen molar-refractivity contribution in [3.05, 3.63) is 0 Å². The van der Waals surface area contributed by atoms with Crippen LogP contribution in [-0.4, -0.2) is 56.7 Å². The average Bonchev–Trinajstić information content (AvgIpc) is 2.34. The quantitative estimate of drug-likeness (QED) is 0.570. The maximum Gasteiger partial charge on any atom is 0.0481 e. The Morgan fingerprint density at radius 1 is 1.50 bits per heavy atom. The van der Waals surface area contributed by atoms with Crippen LogP contribution in [0.5, 0.6) is 0 Å². The van der Waals surface area contributed by atoms with Crippen molar-refractivity contribution in [1.82, 2.24) is 15.1 Å². The number of hydrogen-bond acceptors (Lipinski definition) is 3. The minimum Gasteiger partial charge on any atom is -0.308 e. The third-order valence-corrected chi connectivity index (χ3v) is 1.80. The van der Waals surface area contributed by atoms with Gasteiger partial charge >= 0.3 is 0 Å². The molecular weight excluding hydrogens is 126 g/mol. The van der Waals surface area contributed by atoms with Gasteiger partial charge in [0.15, 0.2) is 0 Å². The molecule has 0 unspecified atom stereocenters. The van der Waals surface area contributed by atoms with Crippen molar-refractivity contribution in [2.75, 3.05) is 46.9 Å². The number of hydrogen-bond donors (Lipinski definition) is 1. The molecule has 3 nitrogen and oxygen atoms in total. The van der Waals surface area contributed by atoms with Gasteiger partial charge in [0.25, 0.3) is 0 Å². The fraction of sp³-hybridized carbons (Fsp3) is 1.00. The highest BCUT2D eigenvalue weighted by molar-refractivity contribution is 4.66. The summed E-state index contributed by atoms with van der Waals surface area (Å²) in [6.45, 7) is 5.82. The van der Waals surface area contributed by atoms with E-state index < -0.39 is 0 Å². The summed E-state index contributed by atoms with van der Waals surface area (Å²) in [6.07, 6.45) is 0. The first-order valence-electron chi connectivity index (χ1n) is 3.87. The van der Waals surface area contributed by atoms with E-state index in [1.54, 1.807) is 0 Å². The second-order valence-electron chi connectivity index (χ2n) is 3.08. The fourth-order valence-corrected chi connectivity index (χ4v) is 1.09. The van der Waals surface area contributed by atoms with Crippen LogP contribution in [0, 0.1) is 0 Å². The molecule has 0 bridgehead atoms. The molecule has 0 spiro atoms. The standard InChI is InChI=1S/C7H17N3/c1-9(2)5-6-10-4-3-8-7-10/h8H,3-7H2,1-2H3. The molecule has 0 aromatic heterocycles. The lowest BCUT2D eigenvalue weighted by molar-refractivity contribution is 0.281. The Bertz CT molecular complexity index is 86.9. The maximum atomic E-state index is 3.30. The van der Waals surface area contributed by atoms with E-state index >= 15 is 0 Å². The first-order valence-corrected chi connectivity index (χ1v) is 3.87. The molecule has 0 aromatic rings. The van der Waals surface area contributed by atoms with Crippen LogP contribution in [0.4, 0.5) is 0 Å². The van der Waals surface area contributed by atoms with Gasteiger partial charge in [-0.05, 0) is 14.1 Å². The molecule has 0 aliphatic carbocycles. The van der Waals surface area contributed by atoms with Gasteiger partial charge in [0.2, 0.25) is 0 Å². The summed E-state index contributed by atoms with van der Waals surface area (Å²) in [4.78, 5) is 4.65. The number of likely N-dealkylation sites (N-methyl/N-ethyl adjacent to an activating group) is 1. The summed E-state index contributed by atoms with van der Waals surface area (Å²) in [6, 6.07) is 0. The predicted octanol–water partition coefficient (Wildman–Crippen LogP) is -0.589. The minimum atomic E-state index is 1.08. The van der Waals surface area contributed by atoms with Gasteiger partial charge in [-0.15, -0.1) is 0 Å². The van der Waals surface area contributed by atoms with E-state index in [0.29, 0.717) is 0 Å². The molecule has 60 valence electrons. The third kappa shape index (κ3) is 2.64. The normalized spacial score (nSPS) is 20.7. The Hall–Kier alpha value is -0.120. The fourth-order valence-electron chi connectivity index (χ4n) is 1.09. The van der Waals surface area contributed by atoms with Crippen LogP contribution in [0.15, 0.2) is 0 Å². The van der Waals surface area contributed by atoms with Gasteiger partial charge in [-0.2, -0.15) is 0 Å². The van der Waals surface area contributed by atoms with Gasteiger partial charge in [0.1, 0.15) is 0 Å². The molecule has 0 atom stereocenters. The SMILES string of the molecule is CN(C)CCN1CCNC1. The van der Waals surface area contributed by atoms with Crippen molar-refractivity contribution in [3.8, 4) is 0 Å². The number of nitrogens with one attached hydrogen (secondary N) is 1. The van der Waals surface area contributed by atoms with E-state index in [9.17, 15) is 0 Å². The summed E-state index contributed by atoms with van der Waals surface area (Å²) in [5, 5.41) is 3.30. The molecule has 1 heterocycles. The summed E-state index contributed by atoms with van der Waals surface area (Å²) >= 11 is 0. The van der Waals surface area contributed by atoms with Crippen LogP contribution in [0.25, 0.3) is 0 Å². The first kappa shape index (κ1) is 7.98. The Labute approximate surface area is 63.0 Å². The summed E-state index contributed by atoms with van der Waals surface area (Å²) < 4.78 is 0. The molecule has 1 saturated heterocycles. The van der Waals surface area contributed by atoms with Crippen LogP contribution in [0.3, 0.4) is 0 Å². The zero-order chi connectivity index (χ0) is 7.40. The molecule has 0 radical (unpaired) electrons. The van der Waals surface area contributed by atoms with E-state index in [0.717, 1.165) is 13.2 Å². The zero-order valence-electron chi connectivity index (χ0n) is 6.93. The van der Waals surface area contributed by atoms with Crippen molar-refractivity contribution < 1.29 is 0 Å². The highest BCUT2D eigenvalue weighted by Crippen LogP contribution is 1.91. The van der Waals surface area contributed by atoms with E-state index in [2.05, 4.69) is 29.2 Å². The van der Waals surface area contributed by atoms with Crippen molar-refractivity contribution in [2.45, 2.75) is 0 Å². The van der Waals surface area contributed by atoms with Gasteiger partial charge < -0.3 is 10.2 Å². The minimum absolute atomic E-state index is 1.08. The smallest absolute Gasteiger partial charge is 0.0481 e. The molecule has 1 fully saturated rings. The molecule has 0 aromatic carbocycles. The molecule has 3 heteroatoms.